The lowest BCUT2D eigenvalue weighted by Gasteiger charge is -2.29. The first kappa shape index (κ1) is 16.1. The van der Waals surface area contributed by atoms with Gasteiger partial charge in [0.1, 0.15) is 6.04 Å². The second kappa shape index (κ2) is 6.40. The zero-order valence-electron chi connectivity index (χ0n) is 13.0. The summed E-state index contributed by atoms with van der Waals surface area (Å²) in [5.41, 5.74) is 7.19. The van der Waals surface area contributed by atoms with E-state index in [4.69, 9.17) is 5.73 Å². The van der Waals surface area contributed by atoms with Crippen LogP contribution in [0.25, 0.3) is 0 Å². The molecule has 2 heterocycles. The van der Waals surface area contributed by atoms with Crippen LogP contribution in [0.1, 0.15) is 35.2 Å². The van der Waals surface area contributed by atoms with Crippen molar-refractivity contribution in [3.8, 4) is 0 Å². The van der Waals surface area contributed by atoms with E-state index >= 15 is 0 Å². The first-order chi connectivity index (χ1) is 11.5. The number of piperidine rings is 1. The van der Waals surface area contributed by atoms with Gasteiger partial charge in [-0.1, -0.05) is 0 Å². The third-order valence-electron chi connectivity index (χ3n) is 4.18. The Kier molecular flexibility index (Phi) is 4.30. The molecule has 0 radical (unpaired) electrons. The average molecular weight is 330 g/mol. The molecule has 4 N–H and O–H groups in total. The number of rotatable bonds is 4. The Morgan fingerprint density at radius 1 is 1.33 bits per heavy atom. The van der Waals surface area contributed by atoms with E-state index in [9.17, 15) is 19.2 Å². The van der Waals surface area contributed by atoms with E-state index in [0.29, 0.717) is 17.7 Å². The smallest absolute Gasteiger partial charge is 0.255 e. The first-order valence-corrected chi connectivity index (χ1v) is 7.77. The maximum Gasteiger partial charge on any atom is 0.255 e. The van der Waals surface area contributed by atoms with Crippen LogP contribution in [0.4, 0.5) is 5.69 Å². The number of benzene rings is 1. The number of carbonyl (C=O) groups is 4. The van der Waals surface area contributed by atoms with Gasteiger partial charge < -0.3 is 16.0 Å². The van der Waals surface area contributed by atoms with Crippen molar-refractivity contribution in [3.63, 3.8) is 0 Å². The number of fused-ring (bicyclic) bond motifs is 1. The van der Waals surface area contributed by atoms with Crippen LogP contribution in [-0.2, 0) is 20.9 Å². The van der Waals surface area contributed by atoms with Crippen LogP contribution in [0.3, 0.4) is 0 Å². The molecule has 1 unspecified atom stereocenters. The summed E-state index contributed by atoms with van der Waals surface area (Å²) in [5, 5.41) is 4.99. The predicted molar refractivity (Wildman–Crippen MR) is 84.8 cm³/mol. The molecule has 1 aromatic carbocycles. The van der Waals surface area contributed by atoms with Crippen LogP contribution >= 0.6 is 0 Å². The minimum Gasteiger partial charge on any atom is -0.330 e. The molecule has 0 aliphatic carbocycles. The van der Waals surface area contributed by atoms with E-state index in [-0.39, 0.29) is 43.7 Å². The van der Waals surface area contributed by atoms with Gasteiger partial charge in [0.25, 0.3) is 5.91 Å². The monoisotopic (exact) mass is 330 g/mol. The van der Waals surface area contributed by atoms with Crippen LogP contribution < -0.4 is 16.4 Å². The third kappa shape index (κ3) is 3.00. The molecule has 0 bridgehead atoms. The highest BCUT2D eigenvalue weighted by molar-refractivity contribution is 6.05. The van der Waals surface area contributed by atoms with E-state index in [0.717, 1.165) is 5.56 Å². The molecule has 126 valence electrons. The van der Waals surface area contributed by atoms with Crippen molar-refractivity contribution in [3.05, 3.63) is 29.3 Å². The number of nitrogens with one attached hydrogen (secondary N) is 2. The number of carbonyl (C=O) groups excluding carboxylic acids is 4. The minimum absolute atomic E-state index is 0.191. The summed E-state index contributed by atoms with van der Waals surface area (Å²) >= 11 is 0. The zero-order valence-corrected chi connectivity index (χ0v) is 13.0. The van der Waals surface area contributed by atoms with Gasteiger partial charge in [-0.3, -0.25) is 24.5 Å². The zero-order chi connectivity index (χ0) is 17.3. The Bertz CT molecular complexity index is 731. The number of imide groups is 1. The Morgan fingerprint density at radius 3 is 2.83 bits per heavy atom. The van der Waals surface area contributed by atoms with Gasteiger partial charge in [0.05, 0.1) is 0 Å². The van der Waals surface area contributed by atoms with E-state index in [1.54, 1.807) is 18.2 Å². The molecule has 8 heteroatoms. The lowest BCUT2D eigenvalue weighted by atomic mass is 10.0. The molecule has 1 atom stereocenters. The standard InChI is InChI=1S/C16H18N4O4/c17-6-5-14(22)18-10-1-2-11-9(7-10)8-20(16(11)24)12-3-4-13(21)19-15(12)23/h1-2,7,12H,3-6,8,17H2,(H,18,22)(H,19,21,23). The van der Waals surface area contributed by atoms with E-state index in [1.807, 2.05) is 0 Å². The Hall–Kier alpha value is -2.74. The van der Waals surface area contributed by atoms with Crippen molar-refractivity contribution >= 4 is 29.3 Å². The average Bonchev–Trinajstić information content (AvgIpc) is 2.84. The van der Waals surface area contributed by atoms with Crippen LogP contribution in [0.15, 0.2) is 18.2 Å². The second-order valence-electron chi connectivity index (χ2n) is 5.86. The van der Waals surface area contributed by atoms with Crippen molar-refractivity contribution in [2.45, 2.75) is 31.8 Å². The molecule has 1 saturated heterocycles. The van der Waals surface area contributed by atoms with Crippen molar-refractivity contribution in [1.29, 1.82) is 0 Å². The topological polar surface area (TPSA) is 122 Å². The fourth-order valence-corrected chi connectivity index (χ4v) is 3.01. The Morgan fingerprint density at radius 2 is 2.12 bits per heavy atom. The Balaban J connectivity index is 1.76. The van der Waals surface area contributed by atoms with Gasteiger partial charge in [0, 0.05) is 37.2 Å². The molecular weight excluding hydrogens is 312 g/mol. The molecule has 3 rings (SSSR count). The highest BCUT2D eigenvalue weighted by Gasteiger charge is 2.39. The number of hydrogen-bond donors (Lipinski definition) is 3. The quantitative estimate of drug-likeness (QED) is 0.656. The fourth-order valence-electron chi connectivity index (χ4n) is 3.01. The number of hydrogen-bond acceptors (Lipinski definition) is 5. The largest absolute Gasteiger partial charge is 0.330 e. The van der Waals surface area contributed by atoms with E-state index < -0.39 is 11.9 Å². The molecule has 2 aliphatic heterocycles. The molecule has 1 aromatic rings. The number of amides is 4. The van der Waals surface area contributed by atoms with Crippen LogP contribution in [0, 0.1) is 0 Å². The molecule has 1 fully saturated rings. The summed E-state index contributed by atoms with van der Waals surface area (Å²) in [6.45, 7) is 0.541. The lowest BCUT2D eigenvalue weighted by Crippen LogP contribution is -2.52. The van der Waals surface area contributed by atoms with E-state index in [2.05, 4.69) is 10.6 Å². The summed E-state index contributed by atoms with van der Waals surface area (Å²) in [6.07, 6.45) is 0.764. The molecular formula is C16H18N4O4. The summed E-state index contributed by atoms with van der Waals surface area (Å²) < 4.78 is 0. The summed E-state index contributed by atoms with van der Waals surface area (Å²) in [4.78, 5) is 48.8. The van der Waals surface area contributed by atoms with Gasteiger partial charge in [0.15, 0.2) is 0 Å². The summed E-state index contributed by atoms with van der Waals surface area (Å²) in [6, 6.07) is 4.38. The van der Waals surface area contributed by atoms with Gasteiger partial charge >= 0.3 is 0 Å². The van der Waals surface area contributed by atoms with Crippen molar-refractivity contribution in [2.75, 3.05) is 11.9 Å². The number of nitrogens with two attached hydrogens (primary N) is 1. The maximum absolute atomic E-state index is 12.5. The summed E-state index contributed by atoms with van der Waals surface area (Å²) in [5.74, 6) is -1.18. The van der Waals surface area contributed by atoms with Crippen LogP contribution in [0.5, 0.6) is 0 Å². The molecule has 24 heavy (non-hydrogen) atoms. The molecule has 0 saturated carbocycles. The molecule has 8 nitrogen and oxygen atoms in total. The predicted octanol–water partition coefficient (Wildman–Crippen LogP) is -0.265. The maximum atomic E-state index is 12.5. The van der Waals surface area contributed by atoms with Crippen LogP contribution in [0.2, 0.25) is 0 Å². The third-order valence-corrected chi connectivity index (χ3v) is 4.18. The number of nitrogens with zero attached hydrogens (tertiary/aromatic N) is 1. The molecule has 0 aromatic heterocycles. The van der Waals surface area contributed by atoms with E-state index in [1.165, 1.54) is 4.90 Å². The fraction of sp³-hybridized carbons (Fsp3) is 0.375. The molecule has 2 aliphatic rings. The highest BCUT2D eigenvalue weighted by atomic mass is 16.2. The Labute approximate surface area is 138 Å². The SMILES string of the molecule is NCCC(=O)Nc1ccc2c(c1)CN(C1CCC(=O)NC1=O)C2=O. The minimum atomic E-state index is -0.641. The van der Waals surface area contributed by atoms with Gasteiger partial charge in [-0.15, -0.1) is 0 Å². The van der Waals surface area contributed by atoms with Gasteiger partial charge in [0.2, 0.25) is 17.7 Å². The molecule has 4 amide bonds. The van der Waals surface area contributed by atoms with Crippen molar-refractivity contribution in [2.24, 2.45) is 5.73 Å². The van der Waals surface area contributed by atoms with Gasteiger partial charge in [-0.25, -0.2) is 0 Å². The van der Waals surface area contributed by atoms with Crippen molar-refractivity contribution in [1.82, 2.24) is 10.2 Å². The van der Waals surface area contributed by atoms with Crippen molar-refractivity contribution < 1.29 is 19.2 Å². The number of anilines is 1. The molecule has 0 spiro atoms. The van der Waals surface area contributed by atoms with Crippen LogP contribution in [-0.4, -0.2) is 41.1 Å². The van der Waals surface area contributed by atoms with Gasteiger partial charge in [-0.05, 0) is 30.2 Å². The lowest BCUT2D eigenvalue weighted by molar-refractivity contribution is -0.137. The first-order valence-electron chi connectivity index (χ1n) is 7.77. The summed E-state index contributed by atoms with van der Waals surface area (Å²) in [7, 11) is 0. The van der Waals surface area contributed by atoms with Gasteiger partial charge in [-0.2, -0.15) is 0 Å². The normalized spacial score (nSPS) is 20.0. The highest BCUT2D eigenvalue weighted by Crippen LogP contribution is 2.29. The second-order valence-corrected chi connectivity index (χ2v) is 5.86.